The van der Waals surface area contributed by atoms with Crippen molar-refractivity contribution in [3.8, 4) is 11.5 Å². The van der Waals surface area contributed by atoms with Gasteiger partial charge >= 0.3 is 0 Å². The molecule has 0 unspecified atom stereocenters. The lowest BCUT2D eigenvalue weighted by Crippen LogP contribution is -2.12. The zero-order valence-corrected chi connectivity index (χ0v) is 11.8. The molecule has 0 aliphatic carbocycles. The second-order valence-corrected chi connectivity index (χ2v) is 5.66. The molecule has 2 aromatic carbocycles. The van der Waals surface area contributed by atoms with Crippen LogP contribution in [0.5, 0.6) is 11.5 Å². The molecule has 0 saturated carbocycles. The minimum absolute atomic E-state index is 0.0499. The lowest BCUT2D eigenvalue weighted by Gasteiger charge is -2.23. The highest BCUT2D eigenvalue weighted by atomic mass is 16.5. The first-order valence-corrected chi connectivity index (χ1v) is 6.57. The van der Waals surface area contributed by atoms with Crippen molar-refractivity contribution in [2.45, 2.75) is 32.7 Å². The second kappa shape index (κ2) is 5.45. The minimum Gasteiger partial charge on any atom is -0.457 e. The third kappa shape index (κ3) is 3.15. The van der Waals surface area contributed by atoms with Crippen LogP contribution < -0.4 is 10.5 Å². The molecule has 0 heterocycles. The monoisotopic (exact) mass is 255 g/mol. The number of rotatable bonds is 3. The summed E-state index contributed by atoms with van der Waals surface area (Å²) in [4.78, 5) is 0. The molecule has 0 radical (unpaired) electrons. The van der Waals surface area contributed by atoms with E-state index in [0.29, 0.717) is 6.54 Å². The summed E-state index contributed by atoms with van der Waals surface area (Å²) in [6.07, 6.45) is 0. The predicted molar refractivity (Wildman–Crippen MR) is 79.5 cm³/mol. The van der Waals surface area contributed by atoms with Crippen molar-refractivity contribution >= 4 is 0 Å². The molecule has 0 saturated heterocycles. The Morgan fingerprint density at radius 1 is 0.895 bits per heavy atom. The van der Waals surface area contributed by atoms with Crippen molar-refractivity contribution in [3.63, 3.8) is 0 Å². The summed E-state index contributed by atoms with van der Waals surface area (Å²) in [6, 6.07) is 16.1. The largest absolute Gasteiger partial charge is 0.457 e. The van der Waals surface area contributed by atoms with E-state index in [0.717, 1.165) is 17.1 Å². The highest BCUT2D eigenvalue weighted by Crippen LogP contribution is 2.34. The molecule has 0 aliphatic rings. The molecule has 0 aromatic heterocycles. The van der Waals surface area contributed by atoms with Gasteiger partial charge in [0.05, 0.1) is 0 Å². The Bertz CT molecular complexity index is 555. The molecule has 0 fully saturated rings. The first-order valence-electron chi connectivity index (χ1n) is 6.57. The summed E-state index contributed by atoms with van der Waals surface area (Å²) < 4.78 is 6.08. The summed E-state index contributed by atoms with van der Waals surface area (Å²) in [6.45, 7) is 7.03. The number of nitrogens with two attached hydrogens (primary N) is 1. The molecule has 0 amide bonds. The summed E-state index contributed by atoms with van der Waals surface area (Å²) in [5.41, 5.74) is 8.01. The molecular formula is C17H21NO. The van der Waals surface area contributed by atoms with Crippen LogP contribution in [-0.2, 0) is 12.0 Å². The lowest BCUT2D eigenvalue weighted by atomic mass is 9.86. The van der Waals surface area contributed by atoms with Crippen molar-refractivity contribution < 1.29 is 4.74 Å². The fraction of sp³-hybridized carbons (Fsp3) is 0.294. The Balaban J connectivity index is 2.39. The fourth-order valence-electron chi connectivity index (χ4n) is 2.07. The molecule has 2 aromatic rings. The normalized spacial score (nSPS) is 11.4. The lowest BCUT2D eigenvalue weighted by molar-refractivity contribution is 0.450. The smallest absolute Gasteiger partial charge is 0.131 e. The van der Waals surface area contributed by atoms with Crippen LogP contribution in [0.2, 0.25) is 0 Å². The molecule has 2 rings (SSSR count). The first-order chi connectivity index (χ1) is 9.02. The van der Waals surface area contributed by atoms with E-state index in [9.17, 15) is 0 Å². The van der Waals surface area contributed by atoms with Crippen molar-refractivity contribution in [2.24, 2.45) is 5.73 Å². The van der Waals surface area contributed by atoms with Crippen LogP contribution in [0.25, 0.3) is 0 Å². The van der Waals surface area contributed by atoms with Crippen LogP contribution in [0.1, 0.15) is 31.9 Å². The van der Waals surface area contributed by atoms with Gasteiger partial charge in [-0.3, -0.25) is 0 Å². The average molecular weight is 255 g/mol. The van der Waals surface area contributed by atoms with Crippen molar-refractivity contribution in [1.82, 2.24) is 0 Å². The van der Waals surface area contributed by atoms with Gasteiger partial charge in [0.1, 0.15) is 11.5 Å². The van der Waals surface area contributed by atoms with E-state index in [1.807, 2.05) is 42.5 Å². The van der Waals surface area contributed by atoms with E-state index in [4.69, 9.17) is 10.5 Å². The third-order valence-electron chi connectivity index (χ3n) is 3.11. The van der Waals surface area contributed by atoms with E-state index in [1.54, 1.807) is 0 Å². The highest BCUT2D eigenvalue weighted by molar-refractivity contribution is 5.43. The molecular weight excluding hydrogens is 234 g/mol. The Morgan fingerprint density at radius 2 is 1.47 bits per heavy atom. The van der Waals surface area contributed by atoms with Gasteiger partial charge in [-0.2, -0.15) is 0 Å². The summed E-state index contributed by atoms with van der Waals surface area (Å²) >= 11 is 0. The van der Waals surface area contributed by atoms with Crippen LogP contribution in [0, 0.1) is 0 Å². The van der Waals surface area contributed by atoms with Gasteiger partial charge < -0.3 is 10.5 Å². The van der Waals surface area contributed by atoms with Crippen LogP contribution in [0.15, 0.2) is 48.5 Å². The molecule has 100 valence electrons. The van der Waals surface area contributed by atoms with E-state index < -0.39 is 0 Å². The number of para-hydroxylation sites is 2. The van der Waals surface area contributed by atoms with Crippen molar-refractivity contribution in [2.75, 3.05) is 0 Å². The van der Waals surface area contributed by atoms with Crippen LogP contribution in [0.4, 0.5) is 0 Å². The molecule has 2 heteroatoms. The van der Waals surface area contributed by atoms with Gasteiger partial charge in [-0.1, -0.05) is 57.2 Å². The zero-order valence-electron chi connectivity index (χ0n) is 11.8. The maximum Gasteiger partial charge on any atom is 0.131 e. The second-order valence-electron chi connectivity index (χ2n) is 5.66. The maximum absolute atomic E-state index is 6.08. The van der Waals surface area contributed by atoms with Gasteiger partial charge in [-0.25, -0.2) is 0 Å². The molecule has 0 atom stereocenters. The van der Waals surface area contributed by atoms with Gasteiger partial charge in [0.2, 0.25) is 0 Å². The van der Waals surface area contributed by atoms with E-state index in [-0.39, 0.29) is 5.41 Å². The standard InChI is InChI=1S/C17H21NO/c1-17(2,3)14-9-5-7-11-16(14)19-15-10-6-4-8-13(15)12-18/h4-11H,12,18H2,1-3H3. The van der Waals surface area contributed by atoms with E-state index in [2.05, 4.69) is 26.8 Å². The quantitative estimate of drug-likeness (QED) is 0.890. The SMILES string of the molecule is CC(C)(C)c1ccccc1Oc1ccccc1CN. The van der Waals surface area contributed by atoms with Gasteiger partial charge in [0, 0.05) is 17.7 Å². The van der Waals surface area contributed by atoms with Crippen LogP contribution in [-0.4, -0.2) is 0 Å². The van der Waals surface area contributed by atoms with Gasteiger partial charge in [0.25, 0.3) is 0 Å². The Hall–Kier alpha value is -1.80. The first kappa shape index (κ1) is 13.6. The van der Waals surface area contributed by atoms with Crippen LogP contribution >= 0.6 is 0 Å². The van der Waals surface area contributed by atoms with Gasteiger partial charge in [-0.05, 0) is 17.5 Å². The molecule has 0 aliphatic heterocycles. The predicted octanol–water partition coefficient (Wildman–Crippen LogP) is 4.24. The molecule has 0 bridgehead atoms. The fourth-order valence-corrected chi connectivity index (χ4v) is 2.07. The number of hydrogen-bond donors (Lipinski definition) is 1. The number of hydrogen-bond acceptors (Lipinski definition) is 2. The van der Waals surface area contributed by atoms with Gasteiger partial charge in [-0.15, -0.1) is 0 Å². The van der Waals surface area contributed by atoms with Crippen molar-refractivity contribution in [1.29, 1.82) is 0 Å². The summed E-state index contributed by atoms with van der Waals surface area (Å²) in [7, 11) is 0. The molecule has 2 N–H and O–H groups in total. The number of ether oxygens (including phenoxy) is 1. The van der Waals surface area contributed by atoms with Crippen molar-refractivity contribution in [3.05, 3.63) is 59.7 Å². The summed E-state index contributed by atoms with van der Waals surface area (Å²) in [5, 5.41) is 0. The van der Waals surface area contributed by atoms with E-state index >= 15 is 0 Å². The Kier molecular flexibility index (Phi) is 3.91. The number of benzene rings is 2. The third-order valence-corrected chi connectivity index (χ3v) is 3.11. The maximum atomic E-state index is 6.08. The Morgan fingerprint density at radius 3 is 2.11 bits per heavy atom. The molecule has 2 nitrogen and oxygen atoms in total. The topological polar surface area (TPSA) is 35.2 Å². The zero-order chi connectivity index (χ0) is 13.9. The highest BCUT2D eigenvalue weighted by Gasteiger charge is 2.19. The average Bonchev–Trinajstić information content (AvgIpc) is 2.39. The van der Waals surface area contributed by atoms with Gasteiger partial charge in [0.15, 0.2) is 0 Å². The van der Waals surface area contributed by atoms with E-state index in [1.165, 1.54) is 5.56 Å². The summed E-state index contributed by atoms with van der Waals surface area (Å²) in [5.74, 6) is 1.73. The Labute approximate surface area is 115 Å². The molecule has 0 spiro atoms. The van der Waals surface area contributed by atoms with Crippen LogP contribution in [0.3, 0.4) is 0 Å². The minimum atomic E-state index is 0.0499. The molecule has 19 heavy (non-hydrogen) atoms.